The lowest BCUT2D eigenvalue weighted by molar-refractivity contribution is -0.143. The minimum Gasteiger partial charge on any atom is -0.469 e. The molecule has 1 saturated carbocycles. The summed E-state index contributed by atoms with van der Waals surface area (Å²) in [5.74, 6) is 0.273. The zero-order chi connectivity index (χ0) is 11.5. The number of carbonyl (C=O) groups is 1. The van der Waals surface area contributed by atoms with Gasteiger partial charge in [-0.2, -0.15) is 0 Å². The molecule has 0 N–H and O–H groups in total. The van der Waals surface area contributed by atoms with Crippen molar-refractivity contribution < 1.29 is 9.53 Å². The van der Waals surface area contributed by atoms with E-state index in [-0.39, 0.29) is 17.3 Å². The fourth-order valence-electron chi connectivity index (χ4n) is 2.01. The fraction of sp³-hybridized carbons (Fsp3) is 0.615. The predicted octanol–water partition coefficient (Wildman–Crippen LogP) is 2.95. The van der Waals surface area contributed by atoms with Gasteiger partial charge in [0.1, 0.15) is 0 Å². The van der Waals surface area contributed by atoms with Gasteiger partial charge in [-0.15, -0.1) is 0 Å². The molecular formula is C13H20O2. The maximum absolute atomic E-state index is 11.4. The molecule has 2 heteroatoms. The molecule has 0 aromatic heterocycles. The maximum atomic E-state index is 11.4. The van der Waals surface area contributed by atoms with Crippen LogP contribution in [0.3, 0.4) is 0 Å². The Morgan fingerprint density at radius 3 is 2.60 bits per heavy atom. The molecule has 1 rings (SSSR count). The van der Waals surface area contributed by atoms with Gasteiger partial charge in [-0.1, -0.05) is 45.1 Å². The van der Waals surface area contributed by atoms with Crippen molar-refractivity contribution in [2.45, 2.75) is 27.2 Å². The number of allylic oxidation sites excluding steroid dienone is 4. The van der Waals surface area contributed by atoms with Crippen LogP contribution >= 0.6 is 0 Å². The van der Waals surface area contributed by atoms with Crippen LogP contribution in [0.25, 0.3) is 0 Å². The van der Waals surface area contributed by atoms with Crippen LogP contribution in [0.5, 0.6) is 0 Å². The lowest BCUT2D eigenvalue weighted by Gasteiger charge is -1.98. The lowest BCUT2D eigenvalue weighted by Crippen LogP contribution is -2.07. The van der Waals surface area contributed by atoms with Crippen molar-refractivity contribution in [3.63, 3.8) is 0 Å². The molecule has 0 saturated heterocycles. The van der Waals surface area contributed by atoms with Crippen LogP contribution in [0.1, 0.15) is 27.2 Å². The monoisotopic (exact) mass is 208 g/mol. The molecule has 0 spiro atoms. The van der Waals surface area contributed by atoms with Gasteiger partial charge in [-0.25, -0.2) is 0 Å². The summed E-state index contributed by atoms with van der Waals surface area (Å²) in [6, 6.07) is 0. The van der Waals surface area contributed by atoms with Gasteiger partial charge in [-0.05, 0) is 17.8 Å². The summed E-state index contributed by atoms with van der Waals surface area (Å²) in [5.41, 5.74) is 0.0592. The summed E-state index contributed by atoms with van der Waals surface area (Å²) < 4.78 is 4.78. The second-order valence-electron chi connectivity index (χ2n) is 4.57. The Hall–Kier alpha value is -1.05. The van der Waals surface area contributed by atoms with Gasteiger partial charge in [0.05, 0.1) is 13.0 Å². The zero-order valence-electron chi connectivity index (χ0n) is 9.99. The third-order valence-corrected chi connectivity index (χ3v) is 3.17. The highest BCUT2D eigenvalue weighted by Crippen LogP contribution is 2.59. The highest BCUT2D eigenvalue weighted by atomic mass is 16.5. The maximum Gasteiger partial charge on any atom is 0.309 e. The molecule has 0 radical (unpaired) electrons. The summed E-state index contributed by atoms with van der Waals surface area (Å²) in [6.45, 7) is 6.31. The molecule has 0 aromatic carbocycles. The first-order valence-electron chi connectivity index (χ1n) is 5.46. The van der Waals surface area contributed by atoms with E-state index in [0.29, 0.717) is 5.92 Å². The van der Waals surface area contributed by atoms with Gasteiger partial charge in [0, 0.05) is 0 Å². The van der Waals surface area contributed by atoms with E-state index in [1.54, 1.807) is 0 Å². The molecule has 0 amide bonds. The van der Waals surface area contributed by atoms with E-state index in [9.17, 15) is 4.79 Å². The second-order valence-corrected chi connectivity index (χ2v) is 4.57. The third-order valence-electron chi connectivity index (χ3n) is 3.17. The number of hydrogen-bond donors (Lipinski definition) is 0. The van der Waals surface area contributed by atoms with E-state index in [0.717, 1.165) is 6.42 Å². The van der Waals surface area contributed by atoms with Gasteiger partial charge in [0.2, 0.25) is 0 Å². The van der Waals surface area contributed by atoms with Crippen molar-refractivity contribution in [3.05, 3.63) is 24.3 Å². The first kappa shape index (κ1) is 12.0. The van der Waals surface area contributed by atoms with Crippen LogP contribution in [-0.2, 0) is 9.53 Å². The van der Waals surface area contributed by atoms with Crippen molar-refractivity contribution in [2.75, 3.05) is 7.11 Å². The van der Waals surface area contributed by atoms with Crippen molar-refractivity contribution in [3.8, 4) is 0 Å². The summed E-state index contributed by atoms with van der Waals surface area (Å²) in [6.07, 6.45) is 9.30. The topological polar surface area (TPSA) is 26.3 Å². The van der Waals surface area contributed by atoms with Gasteiger partial charge in [0.25, 0.3) is 0 Å². The number of hydrogen-bond acceptors (Lipinski definition) is 2. The van der Waals surface area contributed by atoms with E-state index in [1.165, 1.54) is 7.11 Å². The van der Waals surface area contributed by atoms with Crippen LogP contribution in [0.15, 0.2) is 24.3 Å². The molecule has 1 aliphatic carbocycles. The van der Waals surface area contributed by atoms with Gasteiger partial charge in [0.15, 0.2) is 0 Å². The quantitative estimate of drug-likeness (QED) is 0.524. The Bertz CT molecular complexity index is 287. The van der Waals surface area contributed by atoms with Crippen molar-refractivity contribution in [1.82, 2.24) is 0 Å². The summed E-state index contributed by atoms with van der Waals surface area (Å²) in [4.78, 5) is 11.4. The molecular weight excluding hydrogens is 188 g/mol. The highest BCUT2D eigenvalue weighted by molar-refractivity contribution is 5.78. The SMILES string of the molecule is CCC=C/C=C\C1C(C(=O)OC)C1(C)C. The lowest BCUT2D eigenvalue weighted by atomic mass is 10.1. The molecule has 0 bridgehead atoms. The predicted molar refractivity (Wildman–Crippen MR) is 61.3 cm³/mol. The first-order valence-corrected chi connectivity index (χ1v) is 5.46. The molecule has 2 atom stereocenters. The molecule has 0 aliphatic heterocycles. The molecule has 0 aromatic rings. The van der Waals surface area contributed by atoms with Gasteiger partial charge >= 0.3 is 5.97 Å². The minimum absolute atomic E-state index is 0.0359. The summed E-state index contributed by atoms with van der Waals surface area (Å²) in [7, 11) is 1.45. The first-order chi connectivity index (χ1) is 7.05. The fourth-order valence-corrected chi connectivity index (χ4v) is 2.01. The Labute approximate surface area is 92.0 Å². The minimum atomic E-state index is -0.0888. The smallest absolute Gasteiger partial charge is 0.309 e. The van der Waals surface area contributed by atoms with E-state index in [1.807, 2.05) is 12.2 Å². The molecule has 2 unspecified atom stereocenters. The average molecular weight is 208 g/mol. The van der Waals surface area contributed by atoms with Crippen LogP contribution in [0.4, 0.5) is 0 Å². The second kappa shape index (κ2) is 4.65. The number of rotatable bonds is 4. The molecule has 1 aliphatic rings. The Kier molecular flexibility index (Phi) is 3.72. The Balaban J connectivity index is 2.55. The molecule has 0 heterocycles. The van der Waals surface area contributed by atoms with E-state index < -0.39 is 0 Å². The Morgan fingerprint density at radius 2 is 2.07 bits per heavy atom. The third kappa shape index (κ3) is 2.49. The number of esters is 1. The van der Waals surface area contributed by atoms with Crippen LogP contribution in [0, 0.1) is 17.3 Å². The molecule has 1 fully saturated rings. The van der Waals surface area contributed by atoms with E-state index in [2.05, 4.69) is 32.9 Å². The van der Waals surface area contributed by atoms with Crippen molar-refractivity contribution in [2.24, 2.45) is 17.3 Å². The van der Waals surface area contributed by atoms with Crippen LogP contribution in [-0.4, -0.2) is 13.1 Å². The van der Waals surface area contributed by atoms with Gasteiger partial charge in [-0.3, -0.25) is 4.79 Å². The number of carbonyl (C=O) groups excluding carboxylic acids is 1. The standard InChI is InChI=1S/C13H20O2/c1-5-6-7-8-9-10-11(12(14)15-4)13(10,2)3/h6-11H,5H2,1-4H3/b7-6?,9-8-. The van der Waals surface area contributed by atoms with Gasteiger partial charge < -0.3 is 4.74 Å². The van der Waals surface area contributed by atoms with Crippen molar-refractivity contribution >= 4 is 5.97 Å². The van der Waals surface area contributed by atoms with E-state index >= 15 is 0 Å². The highest BCUT2D eigenvalue weighted by Gasteiger charge is 2.61. The zero-order valence-corrected chi connectivity index (χ0v) is 9.99. The molecule has 84 valence electrons. The largest absolute Gasteiger partial charge is 0.469 e. The van der Waals surface area contributed by atoms with Crippen LogP contribution in [0.2, 0.25) is 0 Å². The number of methoxy groups -OCH3 is 1. The van der Waals surface area contributed by atoms with Crippen molar-refractivity contribution in [1.29, 1.82) is 0 Å². The Morgan fingerprint density at radius 1 is 1.40 bits per heavy atom. The normalized spacial score (nSPS) is 28.5. The van der Waals surface area contributed by atoms with E-state index in [4.69, 9.17) is 4.74 Å². The molecule has 15 heavy (non-hydrogen) atoms. The average Bonchev–Trinajstić information content (AvgIpc) is 2.74. The number of ether oxygens (including phenoxy) is 1. The summed E-state index contributed by atoms with van der Waals surface area (Å²) >= 11 is 0. The van der Waals surface area contributed by atoms with Crippen LogP contribution < -0.4 is 0 Å². The summed E-state index contributed by atoms with van der Waals surface area (Å²) in [5, 5.41) is 0. The molecule has 2 nitrogen and oxygen atoms in total.